The van der Waals surface area contributed by atoms with E-state index in [-0.39, 0.29) is 11.5 Å². The van der Waals surface area contributed by atoms with E-state index >= 15 is 0 Å². The molecule has 0 fully saturated rings. The van der Waals surface area contributed by atoms with Gasteiger partial charge in [0.05, 0.1) is 5.69 Å². The van der Waals surface area contributed by atoms with Crippen molar-refractivity contribution in [3.8, 4) is 11.3 Å². The zero-order valence-electron chi connectivity index (χ0n) is 8.64. The molecule has 0 atom stereocenters. The van der Waals surface area contributed by atoms with Gasteiger partial charge in [-0.25, -0.2) is 4.98 Å². The maximum Gasteiger partial charge on any atom is 0.255 e. The molecule has 0 amide bonds. The summed E-state index contributed by atoms with van der Waals surface area (Å²) in [6.45, 7) is 0. The Morgan fingerprint density at radius 3 is 2.75 bits per heavy atom. The predicted molar refractivity (Wildman–Crippen MR) is 67.0 cm³/mol. The Bertz CT molecular complexity index is 592. The molecule has 1 aromatic heterocycles. The monoisotopic (exact) mass is 279 g/mol. The molecule has 2 rings (SSSR count). The molecular formula is C11H10BrN3O. The largest absolute Gasteiger partial charge is 0.369 e. The first-order valence-electron chi connectivity index (χ1n) is 4.67. The lowest BCUT2D eigenvalue weighted by molar-refractivity contribution is 0.845. The molecule has 5 heteroatoms. The highest BCUT2D eigenvalue weighted by atomic mass is 79.9. The van der Waals surface area contributed by atoms with Crippen molar-refractivity contribution in [2.75, 3.05) is 5.73 Å². The Labute approximate surface area is 101 Å². The molecule has 1 heterocycles. The third-order valence-corrected chi connectivity index (χ3v) is 2.78. The van der Waals surface area contributed by atoms with Crippen molar-refractivity contribution in [1.29, 1.82) is 0 Å². The summed E-state index contributed by atoms with van der Waals surface area (Å²) < 4.78 is 2.24. The number of nitrogen functional groups attached to an aromatic ring is 1. The van der Waals surface area contributed by atoms with Crippen LogP contribution in [0.3, 0.4) is 0 Å². The van der Waals surface area contributed by atoms with Gasteiger partial charge in [-0.05, 0) is 12.1 Å². The molecule has 0 spiro atoms. The molecule has 4 nitrogen and oxygen atoms in total. The van der Waals surface area contributed by atoms with Gasteiger partial charge in [0, 0.05) is 23.2 Å². The molecule has 0 saturated heterocycles. The molecule has 1 aromatic carbocycles. The van der Waals surface area contributed by atoms with Crippen LogP contribution in [0.2, 0.25) is 0 Å². The molecule has 2 aromatic rings. The van der Waals surface area contributed by atoms with Crippen molar-refractivity contribution in [1.82, 2.24) is 9.55 Å². The Kier molecular flexibility index (Phi) is 2.78. The van der Waals surface area contributed by atoms with Gasteiger partial charge in [-0.15, -0.1) is 0 Å². The summed E-state index contributed by atoms with van der Waals surface area (Å²) in [6.07, 6.45) is 0. The Hall–Kier alpha value is -1.62. The number of aromatic nitrogens is 2. The van der Waals surface area contributed by atoms with Gasteiger partial charge in [0.1, 0.15) is 0 Å². The fourth-order valence-electron chi connectivity index (χ4n) is 1.35. The van der Waals surface area contributed by atoms with Gasteiger partial charge in [-0.2, -0.15) is 0 Å². The highest BCUT2D eigenvalue weighted by Crippen LogP contribution is 2.20. The lowest BCUT2D eigenvalue weighted by Gasteiger charge is -2.05. The number of anilines is 1. The van der Waals surface area contributed by atoms with E-state index in [2.05, 4.69) is 20.9 Å². The average Bonchev–Trinajstić information content (AvgIpc) is 2.25. The quantitative estimate of drug-likeness (QED) is 0.866. The van der Waals surface area contributed by atoms with Crippen molar-refractivity contribution in [2.24, 2.45) is 7.05 Å². The zero-order valence-corrected chi connectivity index (χ0v) is 10.2. The summed E-state index contributed by atoms with van der Waals surface area (Å²) in [6, 6.07) is 9.04. The molecule has 2 N–H and O–H groups in total. The number of rotatable bonds is 1. The van der Waals surface area contributed by atoms with E-state index in [1.165, 1.54) is 10.6 Å². The molecule has 82 valence electrons. The van der Waals surface area contributed by atoms with Crippen molar-refractivity contribution in [3.05, 3.63) is 45.2 Å². The highest BCUT2D eigenvalue weighted by molar-refractivity contribution is 9.10. The van der Waals surface area contributed by atoms with Gasteiger partial charge in [0.2, 0.25) is 5.95 Å². The fourth-order valence-corrected chi connectivity index (χ4v) is 1.75. The molecule has 0 aliphatic rings. The predicted octanol–water partition coefficient (Wildman–Crippen LogP) is 1.79. The number of hydrogen-bond acceptors (Lipinski definition) is 3. The Morgan fingerprint density at radius 1 is 1.38 bits per heavy atom. The zero-order chi connectivity index (χ0) is 11.7. The van der Waals surface area contributed by atoms with E-state index in [0.717, 1.165) is 10.0 Å². The minimum absolute atomic E-state index is 0.164. The maximum atomic E-state index is 11.6. The number of nitrogens with zero attached hydrogens (tertiary/aromatic N) is 2. The lowest BCUT2D eigenvalue weighted by Crippen LogP contribution is -2.20. The molecular weight excluding hydrogens is 270 g/mol. The molecule has 0 aliphatic heterocycles. The first-order valence-corrected chi connectivity index (χ1v) is 5.47. The van der Waals surface area contributed by atoms with Crippen LogP contribution in [-0.2, 0) is 7.05 Å². The number of benzene rings is 1. The van der Waals surface area contributed by atoms with Crippen LogP contribution < -0.4 is 11.3 Å². The average molecular weight is 280 g/mol. The summed E-state index contributed by atoms with van der Waals surface area (Å²) >= 11 is 3.37. The molecule has 0 aliphatic carbocycles. The van der Waals surface area contributed by atoms with Crippen LogP contribution in [0.5, 0.6) is 0 Å². The van der Waals surface area contributed by atoms with Crippen LogP contribution in [0.15, 0.2) is 39.6 Å². The minimum Gasteiger partial charge on any atom is -0.369 e. The lowest BCUT2D eigenvalue weighted by atomic mass is 10.1. The third-order valence-electron chi connectivity index (χ3n) is 2.29. The summed E-state index contributed by atoms with van der Waals surface area (Å²) in [4.78, 5) is 15.7. The van der Waals surface area contributed by atoms with E-state index in [9.17, 15) is 4.79 Å². The highest BCUT2D eigenvalue weighted by Gasteiger charge is 2.04. The SMILES string of the molecule is Cn1c(N)nc(-c2cccc(Br)c2)cc1=O. The molecule has 0 bridgehead atoms. The molecule has 0 unspecified atom stereocenters. The van der Waals surface area contributed by atoms with Gasteiger partial charge in [0.25, 0.3) is 5.56 Å². The minimum atomic E-state index is -0.164. The third kappa shape index (κ3) is 1.99. The topological polar surface area (TPSA) is 60.9 Å². The summed E-state index contributed by atoms with van der Waals surface area (Å²) in [5, 5.41) is 0. The van der Waals surface area contributed by atoms with Gasteiger partial charge in [-0.3, -0.25) is 9.36 Å². The summed E-state index contributed by atoms with van der Waals surface area (Å²) in [5.74, 6) is 0.211. The molecule has 0 saturated carbocycles. The van der Waals surface area contributed by atoms with Crippen LogP contribution in [0.4, 0.5) is 5.95 Å². The smallest absolute Gasteiger partial charge is 0.255 e. The standard InChI is InChI=1S/C11H10BrN3O/c1-15-10(16)6-9(14-11(15)13)7-3-2-4-8(12)5-7/h2-6H,1H3,(H2,13,14). The van der Waals surface area contributed by atoms with Crippen molar-refractivity contribution in [3.63, 3.8) is 0 Å². The second-order valence-electron chi connectivity index (χ2n) is 3.41. The summed E-state index contributed by atoms with van der Waals surface area (Å²) in [5.41, 5.74) is 6.92. The van der Waals surface area contributed by atoms with Gasteiger partial charge >= 0.3 is 0 Å². The van der Waals surface area contributed by atoms with E-state index in [0.29, 0.717) is 5.69 Å². The Morgan fingerprint density at radius 2 is 2.12 bits per heavy atom. The van der Waals surface area contributed by atoms with Crippen molar-refractivity contribution >= 4 is 21.9 Å². The van der Waals surface area contributed by atoms with Gasteiger partial charge < -0.3 is 5.73 Å². The Balaban J connectivity index is 2.61. The van der Waals surface area contributed by atoms with Crippen LogP contribution in [-0.4, -0.2) is 9.55 Å². The van der Waals surface area contributed by atoms with Crippen LogP contribution in [0.25, 0.3) is 11.3 Å². The van der Waals surface area contributed by atoms with Gasteiger partial charge in [-0.1, -0.05) is 28.1 Å². The first-order chi connectivity index (χ1) is 7.58. The van der Waals surface area contributed by atoms with Crippen LogP contribution >= 0.6 is 15.9 Å². The van der Waals surface area contributed by atoms with E-state index < -0.39 is 0 Å². The van der Waals surface area contributed by atoms with Crippen LogP contribution in [0.1, 0.15) is 0 Å². The number of nitrogens with two attached hydrogens (primary N) is 1. The maximum absolute atomic E-state index is 11.6. The first kappa shape index (κ1) is 10.9. The fraction of sp³-hybridized carbons (Fsp3) is 0.0909. The number of hydrogen-bond donors (Lipinski definition) is 1. The molecule has 16 heavy (non-hydrogen) atoms. The van der Waals surface area contributed by atoms with Crippen molar-refractivity contribution < 1.29 is 0 Å². The van der Waals surface area contributed by atoms with E-state index in [1.807, 2.05) is 24.3 Å². The van der Waals surface area contributed by atoms with Crippen LogP contribution in [0, 0.1) is 0 Å². The van der Waals surface area contributed by atoms with Gasteiger partial charge in [0.15, 0.2) is 0 Å². The van der Waals surface area contributed by atoms with E-state index in [4.69, 9.17) is 5.73 Å². The number of halogens is 1. The molecule has 0 radical (unpaired) electrons. The van der Waals surface area contributed by atoms with E-state index in [1.54, 1.807) is 7.05 Å². The van der Waals surface area contributed by atoms with Crippen molar-refractivity contribution in [2.45, 2.75) is 0 Å². The second kappa shape index (κ2) is 4.09. The second-order valence-corrected chi connectivity index (χ2v) is 4.32. The normalized spacial score (nSPS) is 10.4. The summed E-state index contributed by atoms with van der Waals surface area (Å²) in [7, 11) is 1.59.